The molecule has 0 spiro atoms. The molecule has 0 fully saturated rings. The van der Waals surface area contributed by atoms with Crippen molar-refractivity contribution >= 4 is 0 Å². The lowest BCUT2D eigenvalue weighted by Crippen LogP contribution is -1.84. The summed E-state index contributed by atoms with van der Waals surface area (Å²) in [5.74, 6) is 0. The first-order chi connectivity index (χ1) is 13.4. The van der Waals surface area contributed by atoms with Crippen LogP contribution in [0.4, 0.5) is 0 Å². The Hall–Kier alpha value is -0.260. The van der Waals surface area contributed by atoms with E-state index in [4.69, 9.17) is 0 Å². The third kappa shape index (κ3) is 25.7. The molecule has 0 bridgehead atoms. The van der Waals surface area contributed by atoms with Crippen LogP contribution in [0.5, 0.6) is 0 Å². The molecule has 0 amide bonds. The molecule has 2 radical (unpaired) electrons. The predicted molar refractivity (Wildman–Crippen MR) is 126 cm³/mol. The van der Waals surface area contributed by atoms with Crippen LogP contribution in [0.2, 0.25) is 0 Å². The van der Waals surface area contributed by atoms with Gasteiger partial charge < -0.3 is 0 Å². The fourth-order valence-corrected chi connectivity index (χ4v) is 3.77. The number of allylic oxidation sites excluding steroid dienone is 2. The van der Waals surface area contributed by atoms with Crippen molar-refractivity contribution in [3.63, 3.8) is 0 Å². The molecule has 0 saturated heterocycles. The van der Waals surface area contributed by atoms with Crippen LogP contribution in [-0.4, -0.2) is 0 Å². The lowest BCUT2D eigenvalue weighted by atomic mass is 10.0. The number of unbranched alkanes of at least 4 members (excludes halogenated alkanes) is 21. The molecule has 0 heterocycles. The largest absolute Gasteiger partial charge is 0.0885 e. The standard InChI is InChI=1S/C27H52/c1-3-5-7-9-11-13-15-17-19-21-23-25-27-26-24-22-20-18-16-14-12-10-8-6-4-2/h9,11H,1-8,10,12-27H2. The van der Waals surface area contributed by atoms with E-state index in [0.29, 0.717) is 0 Å². The van der Waals surface area contributed by atoms with Crippen molar-refractivity contribution in [3.8, 4) is 0 Å². The zero-order chi connectivity index (χ0) is 19.7. The highest BCUT2D eigenvalue weighted by atomic mass is 14.0. The molecule has 0 unspecified atom stereocenters. The molecule has 0 rings (SSSR count). The monoisotopic (exact) mass is 376 g/mol. The van der Waals surface area contributed by atoms with Gasteiger partial charge in [0.2, 0.25) is 0 Å². The second kappa shape index (κ2) is 25.7. The maximum Gasteiger partial charge on any atom is -0.0351 e. The first-order valence-corrected chi connectivity index (χ1v) is 12.6. The third-order valence-electron chi connectivity index (χ3n) is 5.66. The van der Waals surface area contributed by atoms with Gasteiger partial charge in [-0.25, -0.2) is 0 Å². The molecule has 0 aliphatic rings. The predicted octanol–water partition coefficient (Wildman–Crippen LogP) is 10.2. The van der Waals surface area contributed by atoms with Crippen LogP contribution in [0.1, 0.15) is 148 Å². The molecule has 0 aromatic carbocycles. The van der Waals surface area contributed by atoms with Crippen molar-refractivity contribution in [2.24, 2.45) is 0 Å². The summed E-state index contributed by atoms with van der Waals surface area (Å²) in [4.78, 5) is 0. The van der Waals surface area contributed by atoms with Gasteiger partial charge in [0.1, 0.15) is 0 Å². The highest BCUT2D eigenvalue weighted by molar-refractivity contribution is 4.81. The van der Waals surface area contributed by atoms with E-state index in [0.717, 1.165) is 12.8 Å². The summed E-state index contributed by atoms with van der Waals surface area (Å²) < 4.78 is 0. The molecular formula is C27H52. The molecule has 27 heavy (non-hydrogen) atoms. The van der Waals surface area contributed by atoms with E-state index in [1.165, 1.54) is 135 Å². The fourth-order valence-electron chi connectivity index (χ4n) is 3.77. The summed E-state index contributed by atoms with van der Waals surface area (Å²) in [5.41, 5.74) is 0. The highest BCUT2D eigenvalue weighted by Crippen LogP contribution is 2.14. The van der Waals surface area contributed by atoms with Gasteiger partial charge in [-0.3, -0.25) is 0 Å². The first kappa shape index (κ1) is 26.7. The molecule has 0 heteroatoms. The number of hydrogen-bond acceptors (Lipinski definition) is 0. The van der Waals surface area contributed by atoms with Crippen LogP contribution in [0, 0.1) is 13.8 Å². The average Bonchev–Trinajstić information content (AvgIpc) is 2.68. The number of hydrogen-bond donors (Lipinski definition) is 0. The van der Waals surface area contributed by atoms with Gasteiger partial charge in [-0.2, -0.15) is 0 Å². The minimum Gasteiger partial charge on any atom is -0.0885 e. The minimum absolute atomic E-state index is 1.07. The van der Waals surface area contributed by atoms with Crippen LogP contribution in [0.3, 0.4) is 0 Å². The zero-order valence-corrected chi connectivity index (χ0v) is 18.8. The molecule has 0 atom stereocenters. The normalized spacial score (nSPS) is 11.6. The second-order valence-electron chi connectivity index (χ2n) is 8.47. The fraction of sp³-hybridized carbons (Fsp3) is 0.852. The van der Waals surface area contributed by atoms with Gasteiger partial charge in [-0.1, -0.05) is 148 Å². The Morgan fingerprint density at radius 3 is 0.889 bits per heavy atom. The van der Waals surface area contributed by atoms with Gasteiger partial charge in [0, 0.05) is 0 Å². The van der Waals surface area contributed by atoms with Crippen molar-refractivity contribution in [2.75, 3.05) is 0 Å². The highest BCUT2D eigenvalue weighted by Gasteiger charge is 1.95. The summed E-state index contributed by atoms with van der Waals surface area (Å²) in [6.07, 6.45) is 36.7. The van der Waals surface area contributed by atoms with Crippen LogP contribution >= 0.6 is 0 Å². The summed E-state index contributed by atoms with van der Waals surface area (Å²) in [6, 6.07) is 0. The van der Waals surface area contributed by atoms with Crippen LogP contribution in [0.25, 0.3) is 0 Å². The van der Waals surface area contributed by atoms with E-state index in [1.807, 2.05) is 0 Å². The lowest BCUT2D eigenvalue weighted by molar-refractivity contribution is 0.524. The molecule has 0 aromatic heterocycles. The topological polar surface area (TPSA) is 0 Å². The Kier molecular flexibility index (Phi) is 25.5. The second-order valence-corrected chi connectivity index (χ2v) is 8.47. The van der Waals surface area contributed by atoms with Gasteiger partial charge >= 0.3 is 0 Å². The van der Waals surface area contributed by atoms with E-state index in [9.17, 15) is 0 Å². The third-order valence-corrected chi connectivity index (χ3v) is 5.66. The molecule has 0 aliphatic carbocycles. The minimum atomic E-state index is 1.07. The van der Waals surface area contributed by atoms with Gasteiger partial charge in [-0.05, 0) is 25.7 Å². The molecular weight excluding hydrogens is 324 g/mol. The van der Waals surface area contributed by atoms with Crippen molar-refractivity contribution < 1.29 is 0 Å². The van der Waals surface area contributed by atoms with Crippen molar-refractivity contribution in [2.45, 2.75) is 148 Å². The van der Waals surface area contributed by atoms with E-state index >= 15 is 0 Å². The van der Waals surface area contributed by atoms with Gasteiger partial charge in [-0.15, -0.1) is 0 Å². The van der Waals surface area contributed by atoms with Gasteiger partial charge in [0.15, 0.2) is 0 Å². The van der Waals surface area contributed by atoms with E-state index < -0.39 is 0 Å². The first-order valence-electron chi connectivity index (χ1n) is 12.6. The summed E-state index contributed by atoms with van der Waals surface area (Å²) in [6.45, 7) is 7.79. The summed E-state index contributed by atoms with van der Waals surface area (Å²) in [7, 11) is 0. The van der Waals surface area contributed by atoms with Crippen molar-refractivity contribution in [1.29, 1.82) is 0 Å². The SMILES string of the molecule is [CH2]CCCC=CCCCCCCCCCCCCCCCCCCCC[CH2]. The lowest BCUT2D eigenvalue weighted by Gasteiger charge is -2.03. The van der Waals surface area contributed by atoms with Crippen molar-refractivity contribution in [3.05, 3.63) is 26.0 Å². The smallest absolute Gasteiger partial charge is 0.0351 e. The Labute approximate surface area is 174 Å². The Morgan fingerprint density at radius 1 is 0.296 bits per heavy atom. The molecule has 0 aliphatic heterocycles. The van der Waals surface area contributed by atoms with Gasteiger partial charge in [0.05, 0.1) is 0 Å². The Balaban J connectivity index is 3.00. The maximum absolute atomic E-state index is 3.91. The van der Waals surface area contributed by atoms with Crippen LogP contribution in [0.15, 0.2) is 12.2 Å². The van der Waals surface area contributed by atoms with Crippen molar-refractivity contribution in [1.82, 2.24) is 0 Å². The summed E-state index contributed by atoms with van der Waals surface area (Å²) in [5, 5.41) is 0. The number of rotatable bonds is 23. The van der Waals surface area contributed by atoms with E-state index in [1.54, 1.807) is 0 Å². The summed E-state index contributed by atoms with van der Waals surface area (Å²) >= 11 is 0. The van der Waals surface area contributed by atoms with Crippen LogP contribution < -0.4 is 0 Å². The quantitative estimate of drug-likeness (QED) is 0.123. The molecule has 0 N–H and O–H groups in total. The van der Waals surface area contributed by atoms with Crippen LogP contribution in [-0.2, 0) is 0 Å². The molecule has 160 valence electrons. The Bertz CT molecular complexity index is 265. The molecule has 0 aromatic rings. The average molecular weight is 377 g/mol. The molecule has 0 saturated carbocycles. The zero-order valence-electron chi connectivity index (χ0n) is 18.8. The Morgan fingerprint density at radius 2 is 0.556 bits per heavy atom. The van der Waals surface area contributed by atoms with E-state index in [2.05, 4.69) is 26.0 Å². The maximum atomic E-state index is 3.91. The molecule has 0 nitrogen and oxygen atoms in total. The van der Waals surface area contributed by atoms with Gasteiger partial charge in [0.25, 0.3) is 0 Å². The van der Waals surface area contributed by atoms with E-state index in [-0.39, 0.29) is 0 Å².